The number of likely N-dealkylation sites (tertiary alicyclic amines) is 1. The van der Waals surface area contributed by atoms with Gasteiger partial charge in [-0.05, 0) is 38.8 Å². The van der Waals surface area contributed by atoms with Crippen LogP contribution in [0, 0.1) is 0 Å². The standard InChI is InChI=1S/C11H19F3N2O2S/c12-11(13,14)5-8-16-6-3-9(4-7-16)15-19(17,18)10-1-2-10/h9-10,15H,1-8H2. The summed E-state index contributed by atoms with van der Waals surface area (Å²) >= 11 is 0. The van der Waals surface area contributed by atoms with Gasteiger partial charge in [-0.1, -0.05) is 0 Å². The second-order valence-corrected chi connectivity index (χ2v) is 7.34. The Kier molecular flexibility index (Phi) is 4.42. The van der Waals surface area contributed by atoms with Gasteiger partial charge in [0.1, 0.15) is 0 Å². The van der Waals surface area contributed by atoms with E-state index in [2.05, 4.69) is 4.72 Å². The summed E-state index contributed by atoms with van der Waals surface area (Å²) in [5.74, 6) is 0. The van der Waals surface area contributed by atoms with E-state index in [1.165, 1.54) is 0 Å². The van der Waals surface area contributed by atoms with Gasteiger partial charge in [0, 0.05) is 12.6 Å². The van der Waals surface area contributed by atoms with Crippen LogP contribution in [0.25, 0.3) is 0 Å². The monoisotopic (exact) mass is 300 g/mol. The van der Waals surface area contributed by atoms with Gasteiger partial charge in [0.2, 0.25) is 10.0 Å². The zero-order chi connectivity index (χ0) is 14.1. The summed E-state index contributed by atoms with van der Waals surface area (Å²) in [5.41, 5.74) is 0. The highest BCUT2D eigenvalue weighted by Gasteiger charge is 2.37. The molecule has 1 N–H and O–H groups in total. The van der Waals surface area contributed by atoms with Gasteiger partial charge in [-0.2, -0.15) is 13.2 Å². The van der Waals surface area contributed by atoms with Gasteiger partial charge in [0.15, 0.2) is 0 Å². The van der Waals surface area contributed by atoms with Crippen molar-refractivity contribution >= 4 is 10.0 Å². The second-order valence-electron chi connectivity index (χ2n) is 5.34. The topological polar surface area (TPSA) is 49.4 Å². The zero-order valence-corrected chi connectivity index (χ0v) is 11.4. The molecule has 4 nitrogen and oxygen atoms in total. The van der Waals surface area contributed by atoms with Gasteiger partial charge >= 0.3 is 6.18 Å². The number of alkyl halides is 3. The van der Waals surface area contributed by atoms with Crippen molar-refractivity contribution < 1.29 is 21.6 Å². The van der Waals surface area contributed by atoms with Crippen molar-refractivity contribution in [2.45, 2.75) is 49.6 Å². The molecule has 19 heavy (non-hydrogen) atoms. The number of hydrogen-bond acceptors (Lipinski definition) is 3. The van der Waals surface area contributed by atoms with Crippen LogP contribution in [-0.4, -0.2) is 50.4 Å². The number of rotatable bonds is 5. The molecule has 0 aromatic heterocycles. The molecule has 8 heteroatoms. The molecule has 2 rings (SSSR count). The highest BCUT2D eigenvalue weighted by Crippen LogP contribution is 2.28. The largest absolute Gasteiger partial charge is 0.390 e. The van der Waals surface area contributed by atoms with Gasteiger partial charge in [0.25, 0.3) is 0 Å². The lowest BCUT2D eigenvalue weighted by Gasteiger charge is -2.32. The number of halogens is 3. The predicted molar refractivity (Wildman–Crippen MR) is 65.2 cm³/mol. The molecule has 1 heterocycles. The van der Waals surface area contributed by atoms with Crippen molar-refractivity contribution in [2.75, 3.05) is 19.6 Å². The third kappa shape index (κ3) is 4.92. The molecule has 0 aromatic rings. The minimum atomic E-state index is -4.12. The number of hydrogen-bond donors (Lipinski definition) is 1. The van der Waals surface area contributed by atoms with E-state index in [4.69, 9.17) is 0 Å². The van der Waals surface area contributed by atoms with Crippen molar-refractivity contribution in [3.63, 3.8) is 0 Å². The molecule has 1 aliphatic carbocycles. The fourth-order valence-electron chi connectivity index (χ4n) is 2.27. The maximum absolute atomic E-state index is 12.1. The van der Waals surface area contributed by atoms with E-state index in [1.54, 1.807) is 4.90 Å². The Morgan fingerprint density at radius 2 is 1.68 bits per heavy atom. The summed E-state index contributed by atoms with van der Waals surface area (Å²) in [6, 6.07) is -0.118. The van der Waals surface area contributed by atoms with Gasteiger partial charge < -0.3 is 4.90 Å². The fraction of sp³-hybridized carbons (Fsp3) is 1.00. The first-order valence-electron chi connectivity index (χ1n) is 6.56. The molecule has 112 valence electrons. The molecule has 2 aliphatic rings. The van der Waals surface area contributed by atoms with Crippen LogP contribution in [0.15, 0.2) is 0 Å². The van der Waals surface area contributed by atoms with Gasteiger partial charge in [0.05, 0.1) is 11.7 Å². The predicted octanol–water partition coefficient (Wildman–Crippen LogP) is 1.49. The zero-order valence-electron chi connectivity index (χ0n) is 10.6. The van der Waals surface area contributed by atoms with E-state index in [0.29, 0.717) is 25.9 Å². The summed E-state index contributed by atoms with van der Waals surface area (Å²) in [5, 5.41) is -0.240. The molecule has 0 unspecified atom stereocenters. The highest BCUT2D eigenvalue weighted by molar-refractivity contribution is 7.90. The van der Waals surface area contributed by atoms with E-state index >= 15 is 0 Å². The Balaban J connectivity index is 1.70. The molecule has 0 spiro atoms. The number of sulfonamides is 1. The van der Waals surface area contributed by atoms with E-state index < -0.39 is 22.6 Å². The van der Waals surface area contributed by atoms with E-state index in [0.717, 1.165) is 12.8 Å². The Hall–Kier alpha value is -0.340. The molecule has 0 radical (unpaired) electrons. The van der Waals surface area contributed by atoms with Crippen LogP contribution < -0.4 is 4.72 Å². The maximum Gasteiger partial charge on any atom is 0.390 e. The van der Waals surface area contributed by atoms with E-state index in [-0.39, 0.29) is 17.8 Å². The van der Waals surface area contributed by atoms with Crippen LogP contribution in [0.3, 0.4) is 0 Å². The summed E-state index contributed by atoms with van der Waals surface area (Å²) in [7, 11) is -3.19. The molecule has 0 amide bonds. The molecule has 2 fully saturated rings. The van der Waals surface area contributed by atoms with Gasteiger partial charge in [-0.25, -0.2) is 13.1 Å². The smallest absolute Gasteiger partial charge is 0.303 e. The summed E-state index contributed by atoms with van der Waals surface area (Å²) < 4.78 is 62.4. The van der Waals surface area contributed by atoms with Crippen LogP contribution in [0.2, 0.25) is 0 Å². The molecular weight excluding hydrogens is 281 g/mol. The SMILES string of the molecule is O=S(=O)(NC1CCN(CCC(F)(F)F)CC1)C1CC1. The summed E-state index contributed by atoms with van der Waals surface area (Å²) in [6.07, 6.45) is -2.30. The van der Waals surface area contributed by atoms with Crippen molar-refractivity contribution in [1.29, 1.82) is 0 Å². The van der Waals surface area contributed by atoms with Crippen LogP contribution in [0.5, 0.6) is 0 Å². The Labute approximate surface area is 111 Å². The van der Waals surface area contributed by atoms with Crippen molar-refractivity contribution in [1.82, 2.24) is 9.62 Å². The molecule has 1 saturated carbocycles. The maximum atomic E-state index is 12.1. The van der Waals surface area contributed by atoms with Crippen LogP contribution in [-0.2, 0) is 10.0 Å². The van der Waals surface area contributed by atoms with E-state index in [9.17, 15) is 21.6 Å². The molecular formula is C11H19F3N2O2S. The van der Waals surface area contributed by atoms with Gasteiger partial charge in [-0.15, -0.1) is 0 Å². The highest BCUT2D eigenvalue weighted by atomic mass is 32.2. The molecule has 0 aromatic carbocycles. The Morgan fingerprint density at radius 1 is 1.11 bits per heavy atom. The van der Waals surface area contributed by atoms with E-state index in [1.807, 2.05) is 0 Å². The molecule has 0 bridgehead atoms. The minimum Gasteiger partial charge on any atom is -0.303 e. The first-order chi connectivity index (χ1) is 8.76. The first kappa shape index (κ1) is 15.1. The Morgan fingerprint density at radius 3 is 2.16 bits per heavy atom. The number of nitrogens with one attached hydrogen (secondary N) is 1. The quantitative estimate of drug-likeness (QED) is 0.837. The van der Waals surface area contributed by atoms with Crippen LogP contribution >= 0.6 is 0 Å². The number of nitrogens with zero attached hydrogens (tertiary/aromatic N) is 1. The normalized spacial score (nSPS) is 23.7. The van der Waals surface area contributed by atoms with Crippen molar-refractivity contribution in [3.05, 3.63) is 0 Å². The van der Waals surface area contributed by atoms with Crippen LogP contribution in [0.1, 0.15) is 32.1 Å². The Bertz CT molecular complexity index is 399. The third-order valence-corrected chi connectivity index (χ3v) is 5.60. The minimum absolute atomic E-state index is 0.00555. The molecule has 1 aliphatic heterocycles. The lowest BCUT2D eigenvalue weighted by Crippen LogP contribution is -2.46. The lowest BCUT2D eigenvalue weighted by atomic mass is 10.1. The molecule has 1 saturated heterocycles. The van der Waals surface area contributed by atoms with Crippen molar-refractivity contribution in [3.8, 4) is 0 Å². The first-order valence-corrected chi connectivity index (χ1v) is 8.11. The lowest BCUT2D eigenvalue weighted by molar-refractivity contribution is -0.138. The average Bonchev–Trinajstić information content (AvgIpc) is 3.10. The second kappa shape index (κ2) is 5.57. The van der Waals surface area contributed by atoms with Gasteiger partial charge in [-0.3, -0.25) is 0 Å². The summed E-state index contributed by atoms with van der Waals surface area (Å²) in [4.78, 5) is 1.75. The fourth-order valence-corrected chi connectivity index (χ4v) is 3.92. The van der Waals surface area contributed by atoms with Crippen LogP contribution in [0.4, 0.5) is 13.2 Å². The van der Waals surface area contributed by atoms with Crippen molar-refractivity contribution in [2.24, 2.45) is 0 Å². The number of piperidine rings is 1. The molecule has 0 atom stereocenters. The third-order valence-electron chi connectivity index (χ3n) is 3.59. The average molecular weight is 300 g/mol. The summed E-state index contributed by atoms with van der Waals surface area (Å²) in [6.45, 7) is 1.05.